The molecule has 0 bridgehead atoms. The molecule has 6 rings (SSSR count). The van der Waals surface area contributed by atoms with E-state index in [1.165, 1.54) is 36.8 Å². The molecule has 0 spiro atoms. The van der Waals surface area contributed by atoms with Gasteiger partial charge < -0.3 is 20.7 Å². The van der Waals surface area contributed by atoms with Crippen molar-refractivity contribution in [1.82, 2.24) is 24.4 Å². The SMILES string of the molecule is O=C(Nc1ccc(F)c(Nc2nccn2-c2cc(NC3CC3)ncn2)c1)c1ccc(CN2CCOCC2)c(C(F)(F)F)c1. The molecule has 1 aliphatic heterocycles. The predicted octanol–water partition coefficient (Wildman–Crippen LogP) is 5.22. The average Bonchev–Trinajstić information content (AvgIpc) is 3.68. The molecule has 1 amide bonds. The van der Waals surface area contributed by atoms with E-state index in [9.17, 15) is 22.4 Å². The van der Waals surface area contributed by atoms with Crippen LogP contribution < -0.4 is 16.0 Å². The highest BCUT2D eigenvalue weighted by atomic mass is 19.4. The number of morpholine rings is 1. The predicted molar refractivity (Wildman–Crippen MR) is 151 cm³/mol. The lowest BCUT2D eigenvalue weighted by atomic mass is 10.0. The molecule has 1 saturated carbocycles. The second-order valence-electron chi connectivity index (χ2n) is 10.3. The molecule has 1 aliphatic carbocycles. The summed E-state index contributed by atoms with van der Waals surface area (Å²) in [5, 5.41) is 8.76. The monoisotopic (exact) mass is 596 g/mol. The van der Waals surface area contributed by atoms with E-state index >= 15 is 0 Å². The number of aromatic nitrogens is 4. The first kappa shape index (κ1) is 28.6. The van der Waals surface area contributed by atoms with Crippen LogP contribution in [0.5, 0.6) is 0 Å². The molecule has 2 aliphatic rings. The third-order valence-corrected chi connectivity index (χ3v) is 7.12. The van der Waals surface area contributed by atoms with Gasteiger partial charge in [-0.15, -0.1) is 0 Å². The van der Waals surface area contributed by atoms with E-state index in [0.717, 1.165) is 25.0 Å². The average molecular weight is 597 g/mol. The lowest BCUT2D eigenvalue weighted by molar-refractivity contribution is -0.138. The molecule has 3 N–H and O–H groups in total. The highest BCUT2D eigenvalue weighted by Gasteiger charge is 2.34. The number of carbonyl (C=O) groups is 1. The number of nitrogens with zero attached hydrogens (tertiary/aromatic N) is 5. The number of hydrogen-bond acceptors (Lipinski definition) is 8. The van der Waals surface area contributed by atoms with Crippen LogP contribution in [0.25, 0.3) is 5.82 Å². The number of benzene rings is 2. The van der Waals surface area contributed by atoms with Gasteiger partial charge in [0.05, 0.1) is 24.5 Å². The Labute approximate surface area is 244 Å². The normalized spacial score (nSPS) is 15.7. The van der Waals surface area contributed by atoms with Gasteiger partial charge >= 0.3 is 6.18 Å². The van der Waals surface area contributed by atoms with E-state index in [4.69, 9.17) is 4.74 Å². The van der Waals surface area contributed by atoms with E-state index in [-0.39, 0.29) is 35.0 Å². The number of nitrogens with one attached hydrogen (secondary N) is 3. The number of ether oxygens (including phenoxy) is 1. The lowest BCUT2D eigenvalue weighted by Gasteiger charge is -2.27. The smallest absolute Gasteiger partial charge is 0.379 e. The first-order valence-corrected chi connectivity index (χ1v) is 13.7. The van der Waals surface area contributed by atoms with Crippen LogP contribution in [0.4, 0.5) is 40.7 Å². The minimum absolute atomic E-state index is 0.00697. The number of hydrogen-bond donors (Lipinski definition) is 3. The molecule has 43 heavy (non-hydrogen) atoms. The topological polar surface area (TPSA) is 109 Å². The molecule has 2 aromatic heterocycles. The summed E-state index contributed by atoms with van der Waals surface area (Å²) >= 11 is 0. The summed E-state index contributed by atoms with van der Waals surface area (Å²) in [5.41, 5.74) is -0.802. The first-order valence-electron chi connectivity index (χ1n) is 13.7. The molecule has 0 radical (unpaired) electrons. The molecule has 4 aromatic rings. The Hall–Kier alpha value is -4.56. The number of imidazole rings is 1. The largest absolute Gasteiger partial charge is 0.416 e. The van der Waals surface area contributed by atoms with Gasteiger partial charge in [-0.1, -0.05) is 6.07 Å². The number of alkyl halides is 3. The zero-order chi connectivity index (χ0) is 30.0. The Bertz CT molecular complexity index is 1620. The first-order chi connectivity index (χ1) is 20.7. The fraction of sp³-hybridized carbons (Fsp3) is 0.310. The second-order valence-corrected chi connectivity index (χ2v) is 10.3. The number of rotatable bonds is 9. The number of halogens is 4. The molecular weight excluding hydrogens is 568 g/mol. The van der Waals surface area contributed by atoms with Crippen LogP contribution in [-0.2, 0) is 17.5 Å². The van der Waals surface area contributed by atoms with Gasteiger partial charge in [0.25, 0.3) is 5.91 Å². The second kappa shape index (κ2) is 12.0. The fourth-order valence-electron chi connectivity index (χ4n) is 4.72. The Kier molecular flexibility index (Phi) is 7.95. The van der Waals surface area contributed by atoms with Gasteiger partial charge in [-0.2, -0.15) is 13.2 Å². The van der Waals surface area contributed by atoms with Crippen molar-refractivity contribution < 1.29 is 27.1 Å². The van der Waals surface area contributed by atoms with Crippen LogP contribution in [0, 0.1) is 5.82 Å². The highest BCUT2D eigenvalue weighted by molar-refractivity contribution is 6.04. The van der Waals surface area contributed by atoms with Crippen LogP contribution in [-0.4, -0.2) is 62.7 Å². The van der Waals surface area contributed by atoms with E-state index in [1.54, 1.807) is 16.8 Å². The Morgan fingerprint density at radius 3 is 2.60 bits per heavy atom. The van der Waals surface area contributed by atoms with Gasteiger partial charge in [0.1, 0.15) is 23.8 Å². The zero-order valence-corrected chi connectivity index (χ0v) is 22.9. The van der Waals surface area contributed by atoms with Gasteiger partial charge in [0, 0.05) is 55.4 Å². The van der Waals surface area contributed by atoms with Crippen molar-refractivity contribution in [2.75, 3.05) is 42.3 Å². The third kappa shape index (κ3) is 6.92. The van der Waals surface area contributed by atoms with Crippen molar-refractivity contribution in [3.8, 4) is 5.82 Å². The summed E-state index contributed by atoms with van der Waals surface area (Å²) in [7, 11) is 0. The summed E-state index contributed by atoms with van der Waals surface area (Å²) < 4.78 is 63.5. The molecule has 2 aromatic carbocycles. The quantitative estimate of drug-likeness (QED) is 0.226. The van der Waals surface area contributed by atoms with E-state index in [2.05, 4.69) is 30.9 Å². The Morgan fingerprint density at radius 2 is 1.84 bits per heavy atom. The summed E-state index contributed by atoms with van der Waals surface area (Å²) in [6, 6.07) is 9.46. The third-order valence-electron chi connectivity index (χ3n) is 7.12. The van der Waals surface area contributed by atoms with E-state index in [1.807, 2.05) is 4.90 Å². The van der Waals surface area contributed by atoms with Crippen molar-refractivity contribution in [2.45, 2.75) is 31.6 Å². The van der Waals surface area contributed by atoms with Crippen molar-refractivity contribution in [2.24, 2.45) is 0 Å². The number of anilines is 4. The van der Waals surface area contributed by atoms with Gasteiger partial charge in [0.15, 0.2) is 0 Å². The van der Waals surface area contributed by atoms with Crippen LogP contribution in [0.2, 0.25) is 0 Å². The highest BCUT2D eigenvalue weighted by Crippen LogP contribution is 2.34. The maximum Gasteiger partial charge on any atom is 0.416 e. The van der Waals surface area contributed by atoms with Gasteiger partial charge in [0.2, 0.25) is 5.95 Å². The molecule has 0 atom stereocenters. The van der Waals surface area contributed by atoms with Crippen LogP contribution in [0.1, 0.15) is 34.3 Å². The molecule has 0 unspecified atom stereocenters. The molecule has 1 saturated heterocycles. The molecule has 2 fully saturated rings. The molecule has 224 valence electrons. The van der Waals surface area contributed by atoms with Crippen LogP contribution >= 0.6 is 0 Å². The molecule has 10 nitrogen and oxygen atoms in total. The Balaban J connectivity index is 1.19. The van der Waals surface area contributed by atoms with Crippen molar-refractivity contribution in [3.63, 3.8) is 0 Å². The van der Waals surface area contributed by atoms with E-state index in [0.29, 0.717) is 44.0 Å². The van der Waals surface area contributed by atoms with Crippen LogP contribution in [0.3, 0.4) is 0 Å². The fourth-order valence-corrected chi connectivity index (χ4v) is 4.72. The van der Waals surface area contributed by atoms with Crippen molar-refractivity contribution in [1.29, 1.82) is 0 Å². The summed E-state index contributed by atoms with van der Waals surface area (Å²) in [4.78, 5) is 27.6. The summed E-state index contributed by atoms with van der Waals surface area (Å²) in [5.74, 6) is 0.0211. The summed E-state index contributed by atoms with van der Waals surface area (Å²) in [6.45, 7) is 2.06. The van der Waals surface area contributed by atoms with Crippen molar-refractivity contribution >= 4 is 29.0 Å². The maximum atomic E-state index is 14.8. The maximum absolute atomic E-state index is 14.8. The minimum atomic E-state index is -4.65. The molecule has 14 heteroatoms. The van der Waals surface area contributed by atoms with Gasteiger partial charge in [-0.25, -0.2) is 19.3 Å². The molecule has 3 heterocycles. The van der Waals surface area contributed by atoms with Crippen LogP contribution in [0.15, 0.2) is 61.2 Å². The molecular formula is C29H28F4N8O2. The lowest BCUT2D eigenvalue weighted by Crippen LogP contribution is -2.36. The zero-order valence-electron chi connectivity index (χ0n) is 22.9. The standard InChI is InChI=1S/C29H28F4N8O2/c30-23-6-5-21(14-24(23)39-28-34-7-8-41(28)26-15-25(35-17-36-26)37-20-3-4-20)38-27(42)18-1-2-19(22(13-18)29(31,32)33)16-40-9-11-43-12-10-40/h1-2,5-8,13-15,17,20H,3-4,9-12,16H2,(H,34,39)(H,38,42)(H,35,36,37). The summed E-state index contributed by atoms with van der Waals surface area (Å²) in [6.07, 6.45) is 2.09. The number of carbonyl (C=O) groups excluding carboxylic acids is 1. The number of amides is 1. The Morgan fingerprint density at radius 1 is 1.02 bits per heavy atom. The van der Waals surface area contributed by atoms with E-state index < -0.39 is 23.5 Å². The minimum Gasteiger partial charge on any atom is -0.379 e. The van der Waals surface area contributed by atoms with Gasteiger partial charge in [-0.3, -0.25) is 14.3 Å². The van der Waals surface area contributed by atoms with Crippen molar-refractivity contribution in [3.05, 3.63) is 83.7 Å². The van der Waals surface area contributed by atoms with Gasteiger partial charge in [-0.05, 0) is 48.7 Å².